The summed E-state index contributed by atoms with van der Waals surface area (Å²) in [6, 6.07) is 7.28. The number of benzene rings is 1. The predicted molar refractivity (Wildman–Crippen MR) is 84.4 cm³/mol. The van der Waals surface area contributed by atoms with Gasteiger partial charge in [-0.15, -0.1) is 0 Å². The lowest BCUT2D eigenvalue weighted by Gasteiger charge is -2.33. The second kappa shape index (κ2) is 5.84. The smallest absolute Gasteiger partial charge is 0.0425 e. The molecule has 0 amide bonds. The molecule has 1 saturated carbocycles. The standard InChI is InChI=1S/C16H23BrN2/c17-14-8-7-13(11-18)16(10-14)19-9-3-6-15(19)12-4-1-2-5-12/h7-8,10,12,15H,1-6,9,11,18H2. The first kappa shape index (κ1) is 13.4. The SMILES string of the molecule is NCc1ccc(Br)cc1N1CCCC1C1CCCC1. The molecule has 3 rings (SSSR count). The maximum atomic E-state index is 5.93. The highest BCUT2D eigenvalue weighted by atomic mass is 79.9. The van der Waals surface area contributed by atoms with Crippen molar-refractivity contribution < 1.29 is 0 Å². The monoisotopic (exact) mass is 322 g/mol. The molecule has 2 aliphatic rings. The molecule has 1 aromatic carbocycles. The van der Waals surface area contributed by atoms with Gasteiger partial charge in [-0.1, -0.05) is 34.8 Å². The third-order valence-corrected chi connectivity index (χ3v) is 5.31. The molecule has 1 unspecified atom stereocenters. The van der Waals surface area contributed by atoms with E-state index >= 15 is 0 Å². The molecular weight excluding hydrogens is 300 g/mol. The van der Waals surface area contributed by atoms with Crippen LogP contribution in [-0.4, -0.2) is 12.6 Å². The molecule has 1 saturated heterocycles. The molecular formula is C16H23BrN2. The van der Waals surface area contributed by atoms with Crippen LogP contribution in [-0.2, 0) is 6.54 Å². The molecule has 0 bridgehead atoms. The quantitative estimate of drug-likeness (QED) is 0.909. The van der Waals surface area contributed by atoms with Gasteiger partial charge in [-0.05, 0) is 49.3 Å². The summed E-state index contributed by atoms with van der Waals surface area (Å²) in [5.41, 5.74) is 8.58. The molecule has 19 heavy (non-hydrogen) atoms. The Morgan fingerprint density at radius 2 is 1.95 bits per heavy atom. The average molecular weight is 323 g/mol. The molecule has 2 N–H and O–H groups in total. The van der Waals surface area contributed by atoms with E-state index in [1.807, 2.05) is 0 Å². The minimum atomic E-state index is 0.635. The normalized spacial score (nSPS) is 24.3. The van der Waals surface area contributed by atoms with Crippen molar-refractivity contribution in [3.05, 3.63) is 28.2 Å². The summed E-state index contributed by atoms with van der Waals surface area (Å²) in [4.78, 5) is 2.64. The second-order valence-electron chi connectivity index (χ2n) is 5.92. The topological polar surface area (TPSA) is 29.3 Å². The highest BCUT2D eigenvalue weighted by molar-refractivity contribution is 9.10. The van der Waals surface area contributed by atoms with Crippen LogP contribution in [0, 0.1) is 5.92 Å². The highest BCUT2D eigenvalue weighted by Crippen LogP contribution is 2.39. The lowest BCUT2D eigenvalue weighted by atomic mass is 9.95. The van der Waals surface area contributed by atoms with E-state index < -0.39 is 0 Å². The van der Waals surface area contributed by atoms with Crippen LogP contribution >= 0.6 is 15.9 Å². The van der Waals surface area contributed by atoms with Crippen molar-refractivity contribution in [1.29, 1.82) is 0 Å². The third-order valence-electron chi connectivity index (χ3n) is 4.82. The Morgan fingerprint density at radius 1 is 1.16 bits per heavy atom. The Kier molecular flexibility index (Phi) is 4.13. The van der Waals surface area contributed by atoms with Gasteiger partial charge in [-0.25, -0.2) is 0 Å². The van der Waals surface area contributed by atoms with Crippen LogP contribution in [0.2, 0.25) is 0 Å². The fourth-order valence-electron chi connectivity index (χ4n) is 3.90. The molecule has 2 nitrogen and oxygen atoms in total. The van der Waals surface area contributed by atoms with Gasteiger partial charge in [-0.2, -0.15) is 0 Å². The van der Waals surface area contributed by atoms with Crippen molar-refractivity contribution in [2.24, 2.45) is 11.7 Å². The summed E-state index contributed by atoms with van der Waals surface area (Å²) in [5, 5.41) is 0. The van der Waals surface area contributed by atoms with E-state index in [-0.39, 0.29) is 0 Å². The fourth-order valence-corrected chi connectivity index (χ4v) is 4.25. The van der Waals surface area contributed by atoms with E-state index in [1.54, 1.807) is 0 Å². The minimum Gasteiger partial charge on any atom is -0.368 e. The van der Waals surface area contributed by atoms with Gasteiger partial charge >= 0.3 is 0 Å². The van der Waals surface area contributed by atoms with Crippen molar-refractivity contribution in [2.75, 3.05) is 11.4 Å². The van der Waals surface area contributed by atoms with E-state index in [9.17, 15) is 0 Å². The molecule has 0 radical (unpaired) electrons. The van der Waals surface area contributed by atoms with Crippen molar-refractivity contribution >= 4 is 21.6 Å². The van der Waals surface area contributed by atoms with Gasteiger partial charge in [0.2, 0.25) is 0 Å². The zero-order chi connectivity index (χ0) is 13.2. The molecule has 1 aromatic rings. The maximum Gasteiger partial charge on any atom is 0.0425 e. The van der Waals surface area contributed by atoms with Gasteiger partial charge in [-0.3, -0.25) is 0 Å². The van der Waals surface area contributed by atoms with Crippen molar-refractivity contribution in [3.63, 3.8) is 0 Å². The molecule has 1 aliphatic carbocycles. The lowest BCUT2D eigenvalue weighted by molar-refractivity contribution is 0.430. The second-order valence-corrected chi connectivity index (χ2v) is 6.84. The van der Waals surface area contributed by atoms with Gasteiger partial charge in [0, 0.05) is 29.3 Å². The van der Waals surface area contributed by atoms with E-state index in [0.717, 1.165) is 16.4 Å². The van der Waals surface area contributed by atoms with E-state index in [1.165, 1.54) is 56.3 Å². The Hall–Kier alpha value is -0.540. The molecule has 1 heterocycles. The van der Waals surface area contributed by atoms with Crippen LogP contribution in [0.3, 0.4) is 0 Å². The van der Waals surface area contributed by atoms with E-state index in [4.69, 9.17) is 5.73 Å². The van der Waals surface area contributed by atoms with Crippen LogP contribution in [0.15, 0.2) is 22.7 Å². The maximum absolute atomic E-state index is 5.93. The zero-order valence-corrected chi connectivity index (χ0v) is 13.0. The Balaban J connectivity index is 1.89. The van der Waals surface area contributed by atoms with Crippen molar-refractivity contribution in [2.45, 2.75) is 51.1 Å². The van der Waals surface area contributed by atoms with E-state index in [0.29, 0.717) is 6.54 Å². The summed E-state index contributed by atoms with van der Waals surface area (Å²) in [6.45, 7) is 1.83. The molecule has 0 spiro atoms. The summed E-state index contributed by atoms with van der Waals surface area (Å²) in [6.07, 6.45) is 8.40. The van der Waals surface area contributed by atoms with Gasteiger partial charge in [0.05, 0.1) is 0 Å². The summed E-state index contributed by atoms with van der Waals surface area (Å²) < 4.78 is 1.16. The van der Waals surface area contributed by atoms with Crippen molar-refractivity contribution in [1.82, 2.24) is 0 Å². The van der Waals surface area contributed by atoms with Crippen LogP contribution in [0.5, 0.6) is 0 Å². The minimum absolute atomic E-state index is 0.635. The molecule has 0 aromatic heterocycles. The number of nitrogens with zero attached hydrogens (tertiary/aromatic N) is 1. The van der Waals surface area contributed by atoms with Crippen LogP contribution in [0.4, 0.5) is 5.69 Å². The third kappa shape index (κ3) is 2.68. The van der Waals surface area contributed by atoms with E-state index in [2.05, 4.69) is 39.0 Å². The summed E-state index contributed by atoms with van der Waals surface area (Å²) >= 11 is 3.61. The molecule has 3 heteroatoms. The van der Waals surface area contributed by atoms with Crippen LogP contribution in [0.25, 0.3) is 0 Å². The zero-order valence-electron chi connectivity index (χ0n) is 11.4. The van der Waals surface area contributed by atoms with Gasteiger partial charge in [0.1, 0.15) is 0 Å². The lowest BCUT2D eigenvalue weighted by Crippen LogP contribution is -2.35. The highest BCUT2D eigenvalue weighted by Gasteiger charge is 2.34. The molecule has 1 aliphatic heterocycles. The van der Waals surface area contributed by atoms with Crippen LogP contribution < -0.4 is 10.6 Å². The molecule has 104 valence electrons. The largest absolute Gasteiger partial charge is 0.368 e. The van der Waals surface area contributed by atoms with Gasteiger partial charge in [0.15, 0.2) is 0 Å². The van der Waals surface area contributed by atoms with Gasteiger partial charge in [0.25, 0.3) is 0 Å². The van der Waals surface area contributed by atoms with Crippen molar-refractivity contribution in [3.8, 4) is 0 Å². The van der Waals surface area contributed by atoms with Crippen LogP contribution in [0.1, 0.15) is 44.1 Å². The Labute approximate surface area is 124 Å². The average Bonchev–Trinajstić information content (AvgIpc) is 3.09. The number of hydrogen-bond acceptors (Lipinski definition) is 2. The molecule has 1 atom stereocenters. The number of hydrogen-bond donors (Lipinski definition) is 1. The predicted octanol–water partition coefficient (Wildman–Crippen LogP) is 4.07. The Bertz CT molecular complexity index is 440. The number of halogens is 1. The first-order valence-corrected chi connectivity index (χ1v) is 8.34. The van der Waals surface area contributed by atoms with Gasteiger partial charge < -0.3 is 10.6 Å². The molecule has 2 fully saturated rings. The first-order valence-electron chi connectivity index (χ1n) is 7.54. The fraction of sp³-hybridized carbons (Fsp3) is 0.625. The summed E-state index contributed by atoms with van der Waals surface area (Å²) in [7, 11) is 0. The number of anilines is 1. The Morgan fingerprint density at radius 3 is 2.68 bits per heavy atom. The number of nitrogens with two attached hydrogens (primary N) is 1. The summed E-state index contributed by atoms with van der Waals surface area (Å²) in [5.74, 6) is 0.909. The first-order chi connectivity index (χ1) is 9.29. The number of rotatable bonds is 3.